The standard InChI is InChI=1S/C36H25N5/c37-31-21-20-27-18-16-24-17-19-28(22-30(24)34(27)35(31)41-40-29-14-8-3-9-15-29)36-38-32(25-10-4-1-5-11-25)23-33(39-36)26-12-6-2-7-13-26/h1-23,37,40H/b37-31?,41-35+. The van der Waals surface area contributed by atoms with Crippen molar-refractivity contribution in [3.8, 4) is 33.9 Å². The predicted molar refractivity (Wildman–Crippen MR) is 169 cm³/mol. The highest BCUT2D eigenvalue weighted by molar-refractivity contribution is 6.55. The van der Waals surface area contributed by atoms with Gasteiger partial charge in [-0.2, -0.15) is 5.10 Å². The quantitative estimate of drug-likeness (QED) is 0.221. The number of anilines is 1. The smallest absolute Gasteiger partial charge is 0.160 e. The third kappa shape index (κ3) is 4.81. The Morgan fingerprint density at radius 2 is 1.20 bits per heavy atom. The molecule has 0 amide bonds. The number of nitrogens with zero attached hydrogens (tertiary/aromatic N) is 3. The van der Waals surface area contributed by atoms with E-state index in [2.05, 4.69) is 60.0 Å². The second kappa shape index (κ2) is 10.5. The van der Waals surface area contributed by atoms with Crippen LogP contribution in [-0.4, -0.2) is 21.4 Å². The molecule has 0 bridgehead atoms. The normalized spacial score (nSPS) is 13.4. The average Bonchev–Trinajstić information content (AvgIpc) is 3.05. The van der Waals surface area contributed by atoms with Crippen LogP contribution in [0.5, 0.6) is 0 Å². The largest absolute Gasteiger partial charge is 0.299 e. The van der Waals surface area contributed by atoms with Crippen molar-refractivity contribution in [2.24, 2.45) is 5.10 Å². The highest BCUT2D eigenvalue weighted by atomic mass is 15.3. The Bertz CT molecular complexity index is 1900. The summed E-state index contributed by atoms with van der Waals surface area (Å²) in [5, 5.41) is 15.5. The lowest BCUT2D eigenvalue weighted by atomic mass is 9.88. The molecule has 5 nitrogen and oxygen atoms in total. The molecule has 5 aromatic carbocycles. The summed E-state index contributed by atoms with van der Waals surface area (Å²) in [5.41, 5.74) is 11.6. The number of aromatic nitrogens is 2. The van der Waals surface area contributed by atoms with Crippen LogP contribution in [0.15, 0.2) is 139 Å². The molecule has 2 N–H and O–H groups in total. The summed E-state index contributed by atoms with van der Waals surface area (Å²) in [4.78, 5) is 10.0. The van der Waals surface area contributed by atoms with E-state index in [9.17, 15) is 0 Å². The second-order valence-electron chi connectivity index (χ2n) is 9.85. The molecule has 0 aliphatic heterocycles. The van der Waals surface area contributed by atoms with Gasteiger partial charge >= 0.3 is 0 Å². The Morgan fingerprint density at radius 1 is 0.585 bits per heavy atom. The second-order valence-corrected chi connectivity index (χ2v) is 9.85. The van der Waals surface area contributed by atoms with Gasteiger partial charge in [-0.3, -0.25) is 10.8 Å². The average molecular weight is 528 g/mol. The topological polar surface area (TPSA) is 74.0 Å². The van der Waals surface area contributed by atoms with Crippen molar-refractivity contribution < 1.29 is 0 Å². The highest BCUT2D eigenvalue weighted by Crippen LogP contribution is 2.33. The van der Waals surface area contributed by atoms with Crippen molar-refractivity contribution in [2.75, 3.05) is 5.43 Å². The lowest BCUT2D eigenvalue weighted by Crippen LogP contribution is -2.19. The van der Waals surface area contributed by atoms with E-state index in [4.69, 9.17) is 20.5 Å². The zero-order valence-corrected chi connectivity index (χ0v) is 22.1. The molecule has 1 heterocycles. The molecule has 0 spiro atoms. The summed E-state index contributed by atoms with van der Waals surface area (Å²) in [6.07, 6.45) is 3.77. The van der Waals surface area contributed by atoms with Gasteiger partial charge in [0.15, 0.2) is 5.82 Å². The number of hydrogen-bond acceptors (Lipinski definition) is 5. The Morgan fingerprint density at radius 3 is 1.85 bits per heavy atom. The third-order valence-corrected chi connectivity index (χ3v) is 7.17. The molecule has 7 rings (SSSR count). The highest BCUT2D eigenvalue weighted by Gasteiger charge is 2.21. The minimum Gasteiger partial charge on any atom is -0.299 e. The SMILES string of the molecule is N=C1C=Cc2ccc3ccc(-c4nc(-c5ccccc5)cc(-c5ccccc5)n4)cc3c2/C1=N/Nc1ccccc1. The fraction of sp³-hybridized carbons (Fsp3) is 0. The van der Waals surface area contributed by atoms with E-state index >= 15 is 0 Å². The number of hydrogen-bond donors (Lipinski definition) is 2. The molecule has 0 saturated carbocycles. The molecule has 6 aromatic rings. The molecule has 0 atom stereocenters. The molecule has 5 heteroatoms. The van der Waals surface area contributed by atoms with Gasteiger partial charge in [-0.05, 0) is 46.7 Å². The van der Waals surface area contributed by atoms with E-state index in [0.29, 0.717) is 17.2 Å². The number of hydrazone groups is 1. The van der Waals surface area contributed by atoms with E-state index in [1.54, 1.807) is 6.08 Å². The van der Waals surface area contributed by atoms with E-state index in [1.165, 1.54) is 0 Å². The van der Waals surface area contributed by atoms with Crippen LogP contribution >= 0.6 is 0 Å². The number of allylic oxidation sites excluding steroid dienone is 1. The summed E-state index contributed by atoms with van der Waals surface area (Å²) in [5.74, 6) is 0.645. The van der Waals surface area contributed by atoms with Gasteiger partial charge in [-0.15, -0.1) is 0 Å². The first-order valence-electron chi connectivity index (χ1n) is 13.5. The van der Waals surface area contributed by atoms with Gasteiger partial charge in [0.25, 0.3) is 0 Å². The molecular formula is C36H25N5. The summed E-state index contributed by atoms with van der Waals surface area (Å²) in [7, 11) is 0. The van der Waals surface area contributed by atoms with Crippen molar-refractivity contribution in [1.82, 2.24) is 9.97 Å². The van der Waals surface area contributed by atoms with E-state index in [-0.39, 0.29) is 0 Å². The first kappa shape index (κ1) is 24.4. The van der Waals surface area contributed by atoms with Gasteiger partial charge in [-0.1, -0.05) is 109 Å². The van der Waals surface area contributed by atoms with Crippen molar-refractivity contribution in [3.05, 3.63) is 145 Å². The van der Waals surface area contributed by atoms with Crippen LogP contribution in [-0.2, 0) is 0 Å². The summed E-state index contributed by atoms with van der Waals surface area (Å²) < 4.78 is 0. The number of fused-ring (bicyclic) bond motifs is 3. The fourth-order valence-electron chi connectivity index (χ4n) is 5.10. The number of benzene rings is 5. The maximum absolute atomic E-state index is 8.70. The summed E-state index contributed by atoms with van der Waals surface area (Å²) in [6, 6.07) is 42.7. The van der Waals surface area contributed by atoms with Crippen LogP contribution in [0.4, 0.5) is 5.69 Å². The maximum Gasteiger partial charge on any atom is 0.160 e. The minimum atomic E-state index is 0.354. The Hall–Kier alpha value is -5.68. The van der Waals surface area contributed by atoms with Crippen LogP contribution in [0.25, 0.3) is 50.8 Å². The lowest BCUT2D eigenvalue weighted by molar-refractivity contribution is 1.18. The molecule has 194 valence electrons. The molecule has 0 fully saturated rings. The van der Waals surface area contributed by atoms with Crippen LogP contribution in [0, 0.1) is 5.41 Å². The molecule has 1 aromatic heterocycles. The zero-order chi connectivity index (χ0) is 27.6. The van der Waals surface area contributed by atoms with Crippen molar-refractivity contribution in [3.63, 3.8) is 0 Å². The van der Waals surface area contributed by atoms with Gasteiger partial charge in [-0.25, -0.2) is 9.97 Å². The van der Waals surface area contributed by atoms with Crippen molar-refractivity contribution >= 4 is 34.0 Å². The first-order valence-corrected chi connectivity index (χ1v) is 13.5. The van der Waals surface area contributed by atoms with Crippen LogP contribution < -0.4 is 5.43 Å². The molecule has 0 unspecified atom stereocenters. The van der Waals surface area contributed by atoms with Crippen LogP contribution in [0.2, 0.25) is 0 Å². The maximum atomic E-state index is 8.70. The summed E-state index contributed by atoms with van der Waals surface area (Å²) >= 11 is 0. The molecule has 1 aliphatic carbocycles. The van der Waals surface area contributed by atoms with E-state index in [0.717, 1.165) is 55.7 Å². The van der Waals surface area contributed by atoms with Gasteiger partial charge < -0.3 is 0 Å². The fourth-order valence-corrected chi connectivity index (χ4v) is 5.10. The predicted octanol–water partition coefficient (Wildman–Crippen LogP) is 8.49. The number of rotatable bonds is 5. The van der Waals surface area contributed by atoms with Crippen LogP contribution in [0.3, 0.4) is 0 Å². The van der Waals surface area contributed by atoms with Gasteiger partial charge in [0.1, 0.15) is 5.71 Å². The van der Waals surface area contributed by atoms with Gasteiger partial charge in [0.05, 0.1) is 22.8 Å². The first-order chi connectivity index (χ1) is 20.2. The van der Waals surface area contributed by atoms with E-state index < -0.39 is 0 Å². The Kier molecular flexibility index (Phi) is 6.22. The molecular weight excluding hydrogens is 502 g/mol. The Labute approximate surface area is 238 Å². The summed E-state index contributed by atoms with van der Waals surface area (Å²) in [6.45, 7) is 0. The molecule has 0 radical (unpaired) electrons. The molecule has 1 aliphatic rings. The zero-order valence-electron chi connectivity index (χ0n) is 22.1. The number of nitrogens with one attached hydrogen (secondary N) is 2. The van der Waals surface area contributed by atoms with Crippen molar-refractivity contribution in [2.45, 2.75) is 0 Å². The monoisotopic (exact) mass is 527 g/mol. The van der Waals surface area contributed by atoms with Gasteiger partial charge in [0.2, 0.25) is 0 Å². The van der Waals surface area contributed by atoms with Crippen molar-refractivity contribution in [1.29, 1.82) is 5.41 Å². The Balaban J connectivity index is 1.40. The lowest BCUT2D eigenvalue weighted by Gasteiger charge is -2.18. The third-order valence-electron chi connectivity index (χ3n) is 7.17. The number of para-hydroxylation sites is 1. The van der Waals surface area contributed by atoms with E-state index in [1.807, 2.05) is 78.9 Å². The molecule has 41 heavy (non-hydrogen) atoms. The van der Waals surface area contributed by atoms with Crippen LogP contribution in [0.1, 0.15) is 11.1 Å². The minimum absolute atomic E-state index is 0.354. The molecule has 0 saturated heterocycles. The van der Waals surface area contributed by atoms with Gasteiger partial charge in [0, 0.05) is 22.3 Å².